The van der Waals surface area contributed by atoms with Gasteiger partial charge in [-0.05, 0) is 31.0 Å². The van der Waals surface area contributed by atoms with Crippen molar-refractivity contribution in [3.63, 3.8) is 0 Å². The second-order valence-electron chi connectivity index (χ2n) is 8.61. The van der Waals surface area contributed by atoms with Gasteiger partial charge in [-0.2, -0.15) is 0 Å². The first-order valence-electron chi connectivity index (χ1n) is 11.0. The summed E-state index contributed by atoms with van der Waals surface area (Å²) < 4.78 is 0. The Kier molecular flexibility index (Phi) is 7.88. The number of amides is 3. The molecule has 2 atom stereocenters. The normalized spacial score (nSPS) is 16.8. The van der Waals surface area contributed by atoms with Crippen LogP contribution in [0.4, 0.5) is 5.69 Å². The molecule has 0 saturated carbocycles. The lowest BCUT2D eigenvalue weighted by atomic mass is 10.0. The van der Waals surface area contributed by atoms with Gasteiger partial charge in [-0.15, -0.1) is 0 Å². The summed E-state index contributed by atoms with van der Waals surface area (Å²) in [6.45, 7) is 6.45. The molecule has 180 valence electrons. The zero-order valence-corrected chi connectivity index (χ0v) is 20.0. The molecule has 2 aromatic rings. The van der Waals surface area contributed by atoms with Gasteiger partial charge in [-0.3, -0.25) is 24.5 Å². The van der Waals surface area contributed by atoms with E-state index in [0.717, 1.165) is 0 Å². The summed E-state index contributed by atoms with van der Waals surface area (Å²) in [6.07, 6.45) is 0. The molecular formula is C24H27ClN4O5. The molecule has 1 saturated heterocycles. The van der Waals surface area contributed by atoms with Crippen LogP contribution in [0.2, 0.25) is 5.02 Å². The Morgan fingerprint density at radius 3 is 2.44 bits per heavy atom. The second kappa shape index (κ2) is 10.6. The van der Waals surface area contributed by atoms with E-state index in [2.05, 4.69) is 5.32 Å². The van der Waals surface area contributed by atoms with Crippen molar-refractivity contribution >= 4 is 35.0 Å². The Bertz CT molecular complexity index is 1110. The molecule has 3 amide bonds. The average molecular weight is 487 g/mol. The monoisotopic (exact) mass is 486 g/mol. The lowest BCUT2D eigenvalue weighted by Gasteiger charge is -2.41. The predicted octanol–water partition coefficient (Wildman–Crippen LogP) is 3.38. The van der Waals surface area contributed by atoms with E-state index in [-0.39, 0.29) is 35.0 Å². The summed E-state index contributed by atoms with van der Waals surface area (Å²) in [5.41, 5.74) is 0.324. The van der Waals surface area contributed by atoms with Crippen molar-refractivity contribution in [2.24, 2.45) is 5.92 Å². The van der Waals surface area contributed by atoms with Gasteiger partial charge in [0.1, 0.15) is 6.04 Å². The lowest BCUT2D eigenvalue weighted by Crippen LogP contribution is -2.59. The van der Waals surface area contributed by atoms with Gasteiger partial charge in [0.05, 0.1) is 15.5 Å². The van der Waals surface area contributed by atoms with Crippen LogP contribution in [0.5, 0.6) is 0 Å². The standard InChI is InChI=1S/C24H27ClN4O5/c1-15(2)21(26-22(30)17-7-6-8-18(13-17)29(33)34)24(32)27-11-12-28(16(3)14-27)23(31)19-9-4-5-10-20(19)25/h4-10,13,15-16,21H,11-12,14H2,1-3H3,(H,26,30). The average Bonchev–Trinajstić information content (AvgIpc) is 2.81. The van der Waals surface area contributed by atoms with Gasteiger partial charge in [-0.25, -0.2) is 0 Å². The van der Waals surface area contributed by atoms with Crippen LogP contribution in [0.25, 0.3) is 0 Å². The highest BCUT2D eigenvalue weighted by atomic mass is 35.5. The largest absolute Gasteiger partial charge is 0.340 e. The second-order valence-corrected chi connectivity index (χ2v) is 9.02. The number of nitro benzene ring substituents is 1. The number of nitrogens with one attached hydrogen (secondary N) is 1. The van der Waals surface area contributed by atoms with Gasteiger partial charge in [0.2, 0.25) is 5.91 Å². The summed E-state index contributed by atoms with van der Waals surface area (Å²) in [7, 11) is 0. The van der Waals surface area contributed by atoms with Crippen LogP contribution < -0.4 is 5.32 Å². The first kappa shape index (κ1) is 25.2. The number of nitro groups is 1. The molecule has 1 N–H and O–H groups in total. The number of non-ortho nitro benzene ring substituents is 1. The van der Waals surface area contributed by atoms with Gasteiger partial charge >= 0.3 is 0 Å². The number of carbonyl (C=O) groups excluding carboxylic acids is 3. The van der Waals surface area contributed by atoms with Gasteiger partial charge in [0.15, 0.2) is 0 Å². The van der Waals surface area contributed by atoms with Crippen LogP contribution in [0.1, 0.15) is 41.5 Å². The highest BCUT2D eigenvalue weighted by molar-refractivity contribution is 6.33. The molecule has 3 rings (SSSR count). The fourth-order valence-electron chi connectivity index (χ4n) is 3.94. The van der Waals surface area contributed by atoms with Gasteiger partial charge < -0.3 is 15.1 Å². The molecule has 0 bridgehead atoms. The summed E-state index contributed by atoms with van der Waals surface area (Å²) in [5, 5.41) is 14.1. The van der Waals surface area contributed by atoms with Crippen LogP contribution in [0, 0.1) is 16.0 Å². The Balaban J connectivity index is 1.69. The maximum Gasteiger partial charge on any atom is 0.270 e. The molecule has 1 aliphatic heterocycles. The fraction of sp³-hybridized carbons (Fsp3) is 0.375. The molecule has 9 nitrogen and oxygen atoms in total. The minimum absolute atomic E-state index is 0.108. The number of rotatable bonds is 6. The van der Waals surface area contributed by atoms with Gasteiger partial charge in [0, 0.05) is 43.4 Å². The van der Waals surface area contributed by atoms with E-state index < -0.39 is 16.9 Å². The van der Waals surface area contributed by atoms with Crippen molar-refractivity contribution in [2.45, 2.75) is 32.9 Å². The summed E-state index contributed by atoms with van der Waals surface area (Å²) >= 11 is 6.18. The van der Waals surface area contributed by atoms with Gasteiger partial charge in [0.25, 0.3) is 17.5 Å². The molecule has 0 spiro atoms. The molecule has 34 heavy (non-hydrogen) atoms. The molecule has 10 heteroatoms. The summed E-state index contributed by atoms with van der Waals surface area (Å²) in [5.74, 6) is -1.22. The molecule has 2 aromatic carbocycles. The molecule has 1 fully saturated rings. The van der Waals surface area contributed by atoms with Crippen LogP contribution in [-0.2, 0) is 4.79 Å². The zero-order chi connectivity index (χ0) is 25.0. The first-order chi connectivity index (χ1) is 16.1. The highest BCUT2D eigenvalue weighted by Crippen LogP contribution is 2.21. The third kappa shape index (κ3) is 5.53. The molecule has 1 heterocycles. The molecular weight excluding hydrogens is 460 g/mol. The van der Waals surface area contributed by atoms with Crippen molar-refractivity contribution < 1.29 is 19.3 Å². The van der Waals surface area contributed by atoms with Crippen molar-refractivity contribution in [1.82, 2.24) is 15.1 Å². The van der Waals surface area contributed by atoms with Crippen LogP contribution in [-0.4, -0.2) is 64.2 Å². The number of carbonyl (C=O) groups is 3. The number of nitrogens with zero attached hydrogens (tertiary/aromatic N) is 3. The molecule has 0 aromatic heterocycles. The Hall–Kier alpha value is -3.46. The van der Waals surface area contributed by atoms with E-state index in [1.807, 2.05) is 20.8 Å². The van der Waals surface area contributed by atoms with E-state index in [9.17, 15) is 24.5 Å². The van der Waals surface area contributed by atoms with Crippen LogP contribution in [0.15, 0.2) is 48.5 Å². The minimum atomic E-state index is -0.815. The van der Waals surface area contributed by atoms with Crippen molar-refractivity contribution in [3.8, 4) is 0 Å². The fourth-order valence-corrected chi connectivity index (χ4v) is 4.16. The Morgan fingerprint density at radius 2 is 1.82 bits per heavy atom. The maximum absolute atomic E-state index is 13.3. The zero-order valence-electron chi connectivity index (χ0n) is 19.2. The van der Waals surface area contributed by atoms with E-state index in [0.29, 0.717) is 30.2 Å². The van der Waals surface area contributed by atoms with E-state index >= 15 is 0 Å². The summed E-state index contributed by atoms with van der Waals surface area (Å²) in [4.78, 5) is 52.8. The van der Waals surface area contributed by atoms with Crippen molar-refractivity contribution in [2.75, 3.05) is 19.6 Å². The third-order valence-corrected chi connectivity index (χ3v) is 6.17. The lowest BCUT2D eigenvalue weighted by molar-refractivity contribution is -0.384. The predicted molar refractivity (Wildman–Crippen MR) is 128 cm³/mol. The molecule has 2 unspecified atom stereocenters. The third-order valence-electron chi connectivity index (χ3n) is 5.84. The van der Waals surface area contributed by atoms with Gasteiger partial charge in [-0.1, -0.05) is 43.6 Å². The van der Waals surface area contributed by atoms with Crippen molar-refractivity contribution in [3.05, 3.63) is 74.8 Å². The van der Waals surface area contributed by atoms with E-state index in [1.165, 1.54) is 24.3 Å². The topological polar surface area (TPSA) is 113 Å². The molecule has 0 radical (unpaired) electrons. The smallest absolute Gasteiger partial charge is 0.270 e. The SMILES string of the molecule is CC(C)C(NC(=O)c1cccc([N+](=O)[O-])c1)C(=O)N1CCN(C(=O)c2ccccc2Cl)C(C)C1. The minimum Gasteiger partial charge on any atom is -0.340 e. The Morgan fingerprint density at radius 1 is 1.12 bits per heavy atom. The van der Waals surface area contributed by atoms with Crippen LogP contribution >= 0.6 is 11.6 Å². The molecule has 1 aliphatic rings. The molecule has 0 aliphatic carbocycles. The number of halogens is 1. The number of hydrogen-bond acceptors (Lipinski definition) is 5. The van der Waals surface area contributed by atoms with Crippen molar-refractivity contribution in [1.29, 1.82) is 0 Å². The van der Waals surface area contributed by atoms with Crippen LogP contribution in [0.3, 0.4) is 0 Å². The Labute approximate surface area is 202 Å². The number of hydrogen-bond donors (Lipinski definition) is 1. The summed E-state index contributed by atoms with van der Waals surface area (Å²) in [6, 6.07) is 11.1. The van der Waals surface area contributed by atoms with E-state index in [4.69, 9.17) is 11.6 Å². The van der Waals surface area contributed by atoms with E-state index in [1.54, 1.807) is 34.1 Å². The quantitative estimate of drug-likeness (QED) is 0.496. The highest BCUT2D eigenvalue weighted by Gasteiger charge is 2.35. The first-order valence-corrected chi connectivity index (χ1v) is 11.4. The number of benzene rings is 2. The maximum atomic E-state index is 13.3. The number of piperazine rings is 1.